The minimum atomic E-state index is 0.0681. The van der Waals surface area contributed by atoms with Crippen molar-refractivity contribution < 1.29 is 4.79 Å². The summed E-state index contributed by atoms with van der Waals surface area (Å²) in [5.74, 6) is 0.0681. The number of carbonyl (C=O) groups excluding carboxylic acids is 1. The lowest BCUT2D eigenvalue weighted by Gasteiger charge is -2.23. The number of hydrogen-bond donors (Lipinski definition) is 1. The van der Waals surface area contributed by atoms with Crippen LogP contribution in [0, 0.1) is 0 Å². The molecular formula is C15H17N3OS. The van der Waals surface area contributed by atoms with Gasteiger partial charge in [-0.1, -0.05) is 6.07 Å². The van der Waals surface area contributed by atoms with E-state index in [1.807, 2.05) is 30.6 Å². The van der Waals surface area contributed by atoms with Crippen molar-refractivity contribution in [1.82, 2.24) is 9.88 Å². The average molecular weight is 287 g/mol. The Labute approximate surface area is 122 Å². The van der Waals surface area contributed by atoms with E-state index in [2.05, 4.69) is 10.3 Å². The molecule has 2 heterocycles. The summed E-state index contributed by atoms with van der Waals surface area (Å²) in [4.78, 5) is 18.6. The van der Waals surface area contributed by atoms with Crippen molar-refractivity contribution in [1.29, 1.82) is 0 Å². The maximum absolute atomic E-state index is 12.6. The van der Waals surface area contributed by atoms with Crippen LogP contribution in [0.2, 0.25) is 0 Å². The van der Waals surface area contributed by atoms with Gasteiger partial charge in [0.1, 0.15) is 0 Å². The number of anilines is 1. The second-order valence-electron chi connectivity index (χ2n) is 5.00. The van der Waals surface area contributed by atoms with Crippen molar-refractivity contribution in [3.05, 3.63) is 45.9 Å². The molecule has 1 aliphatic rings. The highest BCUT2D eigenvalue weighted by atomic mass is 32.1. The molecule has 1 N–H and O–H groups in total. The molecular weight excluding hydrogens is 270 g/mol. The van der Waals surface area contributed by atoms with Crippen LogP contribution in [0.3, 0.4) is 0 Å². The van der Waals surface area contributed by atoms with Crippen LogP contribution in [0.1, 0.15) is 28.0 Å². The summed E-state index contributed by atoms with van der Waals surface area (Å²) in [5.41, 5.74) is 5.79. The third-order valence-electron chi connectivity index (χ3n) is 3.55. The number of nitrogens with zero attached hydrogens (tertiary/aromatic N) is 2. The maximum atomic E-state index is 12.6. The van der Waals surface area contributed by atoms with Crippen molar-refractivity contribution in [3.8, 4) is 0 Å². The molecule has 0 unspecified atom stereocenters. The predicted molar refractivity (Wildman–Crippen MR) is 81.2 cm³/mol. The van der Waals surface area contributed by atoms with Crippen molar-refractivity contribution in [2.75, 3.05) is 18.9 Å². The van der Waals surface area contributed by atoms with Gasteiger partial charge < -0.3 is 10.2 Å². The molecule has 0 atom stereocenters. The van der Waals surface area contributed by atoms with E-state index in [0.717, 1.165) is 41.9 Å². The number of carbonyl (C=O) groups is 1. The van der Waals surface area contributed by atoms with Gasteiger partial charge in [-0.15, -0.1) is 11.3 Å². The Morgan fingerprint density at radius 2 is 2.40 bits per heavy atom. The summed E-state index contributed by atoms with van der Waals surface area (Å²) in [7, 11) is 1.83. The number of benzene rings is 1. The zero-order valence-electron chi connectivity index (χ0n) is 11.4. The first-order chi connectivity index (χ1) is 9.75. The zero-order valence-corrected chi connectivity index (χ0v) is 12.2. The number of rotatable bonds is 3. The van der Waals surface area contributed by atoms with Gasteiger partial charge >= 0.3 is 0 Å². The summed E-state index contributed by atoms with van der Waals surface area (Å²) in [6, 6.07) is 5.92. The standard InChI is InChI=1S/C15H17N3OS/c1-18(8-11-9-20-10-17-11)15(19)13-4-2-6-14-12(13)5-3-7-16-14/h2,4,6,9-10,16H,3,5,7-8H2,1H3. The number of nitrogens with one attached hydrogen (secondary N) is 1. The van der Waals surface area contributed by atoms with Gasteiger partial charge in [0.2, 0.25) is 0 Å². The number of fused-ring (bicyclic) bond motifs is 1. The first-order valence-corrected chi connectivity index (χ1v) is 7.68. The monoisotopic (exact) mass is 287 g/mol. The molecule has 5 heteroatoms. The van der Waals surface area contributed by atoms with Gasteiger partial charge in [0.25, 0.3) is 5.91 Å². The highest BCUT2D eigenvalue weighted by molar-refractivity contribution is 7.07. The molecule has 0 spiro atoms. The number of thiazole rings is 1. The Kier molecular flexibility index (Phi) is 3.69. The topological polar surface area (TPSA) is 45.2 Å². The highest BCUT2D eigenvalue weighted by Crippen LogP contribution is 2.26. The third-order valence-corrected chi connectivity index (χ3v) is 4.19. The average Bonchev–Trinajstić information content (AvgIpc) is 2.99. The Balaban J connectivity index is 1.83. The van der Waals surface area contributed by atoms with E-state index in [-0.39, 0.29) is 5.91 Å². The fourth-order valence-electron chi connectivity index (χ4n) is 2.55. The summed E-state index contributed by atoms with van der Waals surface area (Å²) in [6.45, 7) is 1.54. The van der Waals surface area contributed by atoms with E-state index >= 15 is 0 Å². The van der Waals surface area contributed by atoms with Gasteiger partial charge in [-0.2, -0.15) is 0 Å². The minimum absolute atomic E-state index is 0.0681. The van der Waals surface area contributed by atoms with Crippen LogP contribution >= 0.6 is 11.3 Å². The molecule has 0 fully saturated rings. The van der Waals surface area contributed by atoms with Crippen molar-refractivity contribution >= 4 is 22.9 Å². The van der Waals surface area contributed by atoms with E-state index in [4.69, 9.17) is 0 Å². The molecule has 1 amide bonds. The van der Waals surface area contributed by atoms with Crippen LogP contribution in [0.5, 0.6) is 0 Å². The molecule has 1 aromatic heterocycles. The molecule has 104 valence electrons. The molecule has 3 rings (SSSR count). The van der Waals surface area contributed by atoms with Gasteiger partial charge in [-0.05, 0) is 30.5 Å². The van der Waals surface area contributed by atoms with E-state index in [1.54, 1.807) is 21.7 Å². The molecule has 1 aliphatic heterocycles. The lowest BCUT2D eigenvalue weighted by molar-refractivity contribution is 0.0782. The SMILES string of the molecule is CN(Cc1cscn1)C(=O)c1cccc2c1CCCN2. The molecule has 0 radical (unpaired) electrons. The van der Waals surface area contributed by atoms with Crippen LogP contribution in [-0.2, 0) is 13.0 Å². The molecule has 1 aromatic carbocycles. The van der Waals surface area contributed by atoms with Crippen LogP contribution in [0.4, 0.5) is 5.69 Å². The normalized spacial score (nSPS) is 13.4. The van der Waals surface area contributed by atoms with E-state index in [9.17, 15) is 4.79 Å². The van der Waals surface area contributed by atoms with Gasteiger partial charge in [0, 0.05) is 30.2 Å². The van der Waals surface area contributed by atoms with Crippen molar-refractivity contribution in [2.45, 2.75) is 19.4 Å². The van der Waals surface area contributed by atoms with Crippen molar-refractivity contribution in [2.24, 2.45) is 0 Å². The molecule has 0 saturated carbocycles. The summed E-state index contributed by atoms with van der Waals surface area (Å²) < 4.78 is 0. The zero-order chi connectivity index (χ0) is 13.9. The van der Waals surface area contributed by atoms with Crippen LogP contribution in [-0.4, -0.2) is 29.4 Å². The smallest absolute Gasteiger partial charge is 0.254 e. The minimum Gasteiger partial charge on any atom is -0.385 e. The number of aromatic nitrogens is 1. The van der Waals surface area contributed by atoms with E-state index < -0.39 is 0 Å². The van der Waals surface area contributed by atoms with Crippen LogP contribution in [0.25, 0.3) is 0 Å². The number of amides is 1. The van der Waals surface area contributed by atoms with Crippen molar-refractivity contribution in [3.63, 3.8) is 0 Å². The molecule has 20 heavy (non-hydrogen) atoms. The lowest BCUT2D eigenvalue weighted by Crippen LogP contribution is -2.28. The summed E-state index contributed by atoms with van der Waals surface area (Å²) in [5, 5.41) is 5.34. The molecule has 0 bridgehead atoms. The third kappa shape index (κ3) is 2.54. The predicted octanol–water partition coefficient (Wildman–Crippen LogP) is 2.77. The van der Waals surface area contributed by atoms with Crippen LogP contribution < -0.4 is 5.32 Å². The lowest BCUT2D eigenvalue weighted by atomic mass is 9.97. The Bertz CT molecular complexity index is 610. The summed E-state index contributed by atoms with van der Waals surface area (Å²) in [6.07, 6.45) is 2.04. The molecule has 2 aromatic rings. The van der Waals surface area contributed by atoms with Gasteiger partial charge in [-0.3, -0.25) is 4.79 Å². The second kappa shape index (κ2) is 5.63. The van der Waals surface area contributed by atoms with Gasteiger partial charge in [-0.25, -0.2) is 4.98 Å². The maximum Gasteiger partial charge on any atom is 0.254 e. The Morgan fingerprint density at radius 1 is 1.50 bits per heavy atom. The first kappa shape index (κ1) is 13.1. The fraction of sp³-hybridized carbons (Fsp3) is 0.333. The molecule has 0 saturated heterocycles. The van der Waals surface area contributed by atoms with Crippen LogP contribution in [0.15, 0.2) is 29.1 Å². The first-order valence-electron chi connectivity index (χ1n) is 6.74. The highest BCUT2D eigenvalue weighted by Gasteiger charge is 2.20. The van der Waals surface area contributed by atoms with E-state index in [0.29, 0.717) is 6.54 Å². The Hall–Kier alpha value is -1.88. The molecule has 0 aliphatic carbocycles. The quantitative estimate of drug-likeness (QED) is 0.944. The summed E-state index contributed by atoms with van der Waals surface area (Å²) >= 11 is 1.55. The van der Waals surface area contributed by atoms with Gasteiger partial charge in [0.05, 0.1) is 17.7 Å². The van der Waals surface area contributed by atoms with Gasteiger partial charge in [0.15, 0.2) is 0 Å². The van der Waals surface area contributed by atoms with E-state index in [1.165, 1.54) is 0 Å². The second-order valence-corrected chi connectivity index (χ2v) is 5.72. The number of hydrogen-bond acceptors (Lipinski definition) is 4. The largest absolute Gasteiger partial charge is 0.385 e. The molecule has 4 nitrogen and oxygen atoms in total. The fourth-order valence-corrected chi connectivity index (χ4v) is 3.10. The Morgan fingerprint density at radius 3 is 3.20 bits per heavy atom.